The number of esters is 1. The van der Waals surface area contributed by atoms with Crippen LogP contribution < -0.4 is 14.4 Å². The Hall–Kier alpha value is -3.56. The number of hydrogen-bond donors (Lipinski definition) is 1. The summed E-state index contributed by atoms with van der Waals surface area (Å²) in [5.74, 6) is -0.848. The quantitative estimate of drug-likeness (QED) is 0.415. The number of para-hydroxylation sites is 2. The van der Waals surface area contributed by atoms with E-state index in [9.17, 15) is 18.0 Å². The van der Waals surface area contributed by atoms with Gasteiger partial charge in [-0.25, -0.2) is 13.2 Å². The monoisotopic (exact) mass is 516 g/mol. The van der Waals surface area contributed by atoms with Gasteiger partial charge in [0.25, 0.3) is 10.0 Å². The lowest BCUT2D eigenvalue weighted by molar-refractivity contribution is -0.114. The van der Waals surface area contributed by atoms with Gasteiger partial charge in [-0.05, 0) is 67.9 Å². The molecule has 184 valence electrons. The van der Waals surface area contributed by atoms with Gasteiger partial charge >= 0.3 is 5.97 Å². The SMILES string of the molecule is CCOc1ccccc1N(CC(=O)Nc1cccc(C(=O)OC)c1C)S(=O)(=O)c1ccc(Cl)cc1. The Morgan fingerprint density at radius 1 is 1.00 bits per heavy atom. The van der Waals surface area contributed by atoms with Gasteiger partial charge in [-0.15, -0.1) is 0 Å². The van der Waals surface area contributed by atoms with Crippen LogP contribution in [0.1, 0.15) is 22.8 Å². The van der Waals surface area contributed by atoms with Crippen molar-refractivity contribution in [3.63, 3.8) is 0 Å². The van der Waals surface area contributed by atoms with Crippen molar-refractivity contribution < 1.29 is 27.5 Å². The molecule has 0 bridgehead atoms. The molecule has 8 nitrogen and oxygen atoms in total. The molecular formula is C25H25ClN2O6S. The molecule has 3 rings (SSSR count). The van der Waals surface area contributed by atoms with Crippen molar-refractivity contribution in [2.45, 2.75) is 18.7 Å². The highest BCUT2D eigenvalue weighted by Crippen LogP contribution is 2.33. The molecule has 0 spiro atoms. The Kier molecular flexibility index (Phi) is 8.37. The summed E-state index contributed by atoms with van der Waals surface area (Å²) in [5.41, 5.74) is 1.35. The lowest BCUT2D eigenvalue weighted by Gasteiger charge is -2.26. The zero-order chi connectivity index (χ0) is 25.6. The number of carbonyl (C=O) groups excluding carboxylic acids is 2. The van der Waals surface area contributed by atoms with Crippen LogP contribution in [0.15, 0.2) is 71.6 Å². The molecule has 3 aromatic carbocycles. The molecular weight excluding hydrogens is 492 g/mol. The number of sulfonamides is 1. The van der Waals surface area contributed by atoms with Crippen LogP contribution in [0.2, 0.25) is 5.02 Å². The van der Waals surface area contributed by atoms with Gasteiger partial charge in [0, 0.05) is 10.7 Å². The third-order valence-electron chi connectivity index (χ3n) is 5.14. The molecule has 3 aromatic rings. The molecule has 0 unspecified atom stereocenters. The zero-order valence-corrected chi connectivity index (χ0v) is 21.0. The van der Waals surface area contributed by atoms with Gasteiger partial charge in [0.05, 0.1) is 29.9 Å². The molecule has 0 fully saturated rings. The first kappa shape index (κ1) is 26.1. The van der Waals surface area contributed by atoms with Gasteiger partial charge < -0.3 is 14.8 Å². The van der Waals surface area contributed by atoms with E-state index in [1.807, 2.05) is 0 Å². The molecule has 1 N–H and O–H groups in total. The minimum absolute atomic E-state index is 0.0372. The number of anilines is 2. The summed E-state index contributed by atoms with van der Waals surface area (Å²) in [7, 11) is -2.91. The number of carbonyl (C=O) groups is 2. The summed E-state index contributed by atoms with van der Waals surface area (Å²) in [6.07, 6.45) is 0. The number of rotatable bonds is 9. The molecule has 0 atom stereocenters. The van der Waals surface area contributed by atoms with Gasteiger partial charge in [0.1, 0.15) is 12.3 Å². The number of nitrogens with one attached hydrogen (secondary N) is 1. The topological polar surface area (TPSA) is 102 Å². The summed E-state index contributed by atoms with van der Waals surface area (Å²) < 4.78 is 38.6. The first-order valence-corrected chi connectivity index (χ1v) is 12.5. The van der Waals surface area contributed by atoms with Gasteiger partial charge in [-0.1, -0.05) is 29.8 Å². The summed E-state index contributed by atoms with van der Waals surface area (Å²) in [6, 6.07) is 17.0. The zero-order valence-electron chi connectivity index (χ0n) is 19.4. The predicted molar refractivity (Wildman–Crippen MR) is 135 cm³/mol. The molecule has 0 saturated carbocycles. The second-order valence-corrected chi connectivity index (χ2v) is 9.68. The smallest absolute Gasteiger partial charge is 0.338 e. The van der Waals surface area contributed by atoms with Crippen molar-refractivity contribution in [3.05, 3.63) is 82.9 Å². The second-order valence-electron chi connectivity index (χ2n) is 7.38. The second kappa shape index (κ2) is 11.2. The summed E-state index contributed by atoms with van der Waals surface area (Å²) in [6.45, 7) is 3.20. The van der Waals surface area contributed by atoms with Crippen molar-refractivity contribution in [3.8, 4) is 5.75 Å². The maximum atomic E-state index is 13.6. The van der Waals surface area contributed by atoms with Gasteiger partial charge in [0.2, 0.25) is 5.91 Å². The van der Waals surface area contributed by atoms with E-state index in [1.54, 1.807) is 56.3 Å². The largest absolute Gasteiger partial charge is 0.492 e. The van der Waals surface area contributed by atoms with Crippen LogP contribution in [-0.4, -0.2) is 40.6 Å². The fourth-order valence-corrected chi connectivity index (χ4v) is 4.95. The van der Waals surface area contributed by atoms with Gasteiger partial charge in [-0.3, -0.25) is 9.10 Å². The molecule has 1 amide bonds. The first-order chi connectivity index (χ1) is 16.7. The molecule has 0 aliphatic rings. The Morgan fingerprint density at radius 2 is 1.69 bits per heavy atom. The molecule has 0 radical (unpaired) electrons. The van der Waals surface area contributed by atoms with Gasteiger partial charge in [-0.2, -0.15) is 0 Å². The lowest BCUT2D eigenvalue weighted by Crippen LogP contribution is -2.38. The molecule has 0 saturated heterocycles. The van der Waals surface area contributed by atoms with Crippen LogP contribution in [0, 0.1) is 6.92 Å². The Bertz CT molecular complexity index is 1330. The Morgan fingerprint density at radius 3 is 2.34 bits per heavy atom. The van der Waals surface area contributed by atoms with Gasteiger partial charge in [0.15, 0.2) is 0 Å². The normalized spacial score (nSPS) is 11.0. The summed E-state index contributed by atoms with van der Waals surface area (Å²) in [5, 5.41) is 3.08. The van der Waals surface area contributed by atoms with E-state index in [2.05, 4.69) is 5.32 Å². The number of hydrogen-bond acceptors (Lipinski definition) is 6. The number of ether oxygens (including phenoxy) is 2. The van der Waals surface area contributed by atoms with Crippen LogP contribution in [-0.2, 0) is 19.6 Å². The van der Waals surface area contributed by atoms with Crippen molar-refractivity contribution >= 4 is 44.9 Å². The van der Waals surface area contributed by atoms with Crippen LogP contribution in [0.25, 0.3) is 0 Å². The number of methoxy groups -OCH3 is 1. The van der Waals surface area contributed by atoms with E-state index >= 15 is 0 Å². The third kappa shape index (κ3) is 5.93. The average molecular weight is 517 g/mol. The van der Waals surface area contributed by atoms with Crippen LogP contribution in [0.3, 0.4) is 0 Å². The molecule has 0 aliphatic heterocycles. The number of benzene rings is 3. The average Bonchev–Trinajstić information content (AvgIpc) is 2.84. The lowest BCUT2D eigenvalue weighted by atomic mass is 10.1. The van der Waals surface area contributed by atoms with Crippen molar-refractivity contribution in [2.24, 2.45) is 0 Å². The van der Waals surface area contributed by atoms with Crippen LogP contribution in [0.5, 0.6) is 5.75 Å². The van der Waals surface area contributed by atoms with Crippen LogP contribution >= 0.6 is 11.6 Å². The molecule has 0 heterocycles. The highest BCUT2D eigenvalue weighted by Gasteiger charge is 2.29. The first-order valence-electron chi connectivity index (χ1n) is 10.7. The van der Waals surface area contributed by atoms with E-state index in [1.165, 1.54) is 31.4 Å². The summed E-state index contributed by atoms with van der Waals surface area (Å²) in [4.78, 5) is 25.1. The fraction of sp³-hybridized carbons (Fsp3) is 0.200. The Labute approximate surface area is 209 Å². The highest BCUT2D eigenvalue weighted by atomic mass is 35.5. The third-order valence-corrected chi connectivity index (χ3v) is 7.16. The molecule has 0 aliphatic carbocycles. The van der Waals surface area contributed by atoms with Crippen LogP contribution in [0.4, 0.5) is 11.4 Å². The predicted octanol–water partition coefficient (Wildman–Crippen LogP) is 4.67. The van der Waals surface area contributed by atoms with E-state index in [4.69, 9.17) is 21.1 Å². The van der Waals surface area contributed by atoms with Crippen molar-refractivity contribution in [2.75, 3.05) is 29.9 Å². The molecule has 0 aromatic heterocycles. The maximum absolute atomic E-state index is 13.6. The standard InChI is InChI=1S/C25H25ClN2O6S/c1-4-34-23-11-6-5-10-22(23)28(35(31,32)19-14-12-18(26)13-15-19)16-24(29)27-21-9-7-8-20(17(21)2)25(30)33-3/h5-15H,4,16H2,1-3H3,(H,27,29). The summed E-state index contributed by atoms with van der Waals surface area (Å²) >= 11 is 5.93. The highest BCUT2D eigenvalue weighted by molar-refractivity contribution is 7.92. The van der Waals surface area contributed by atoms with Crippen molar-refractivity contribution in [1.29, 1.82) is 0 Å². The fourth-order valence-electron chi connectivity index (χ4n) is 3.40. The molecule has 35 heavy (non-hydrogen) atoms. The number of halogens is 1. The van der Waals surface area contributed by atoms with E-state index in [0.717, 1.165) is 4.31 Å². The maximum Gasteiger partial charge on any atom is 0.338 e. The molecule has 10 heteroatoms. The Balaban J connectivity index is 2.00. The van der Waals surface area contributed by atoms with E-state index < -0.39 is 28.4 Å². The number of amides is 1. The van der Waals surface area contributed by atoms with E-state index in [-0.39, 0.29) is 16.1 Å². The van der Waals surface area contributed by atoms with Crippen molar-refractivity contribution in [1.82, 2.24) is 0 Å². The minimum atomic E-state index is -4.17. The van der Waals surface area contributed by atoms with E-state index in [0.29, 0.717) is 28.6 Å². The number of nitrogens with zero attached hydrogens (tertiary/aromatic N) is 1. The minimum Gasteiger partial charge on any atom is -0.492 e.